The van der Waals surface area contributed by atoms with Gasteiger partial charge >= 0.3 is 6.03 Å². The summed E-state index contributed by atoms with van der Waals surface area (Å²) in [6.07, 6.45) is 3.82. The Balaban J connectivity index is 1.59. The SMILES string of the molecule is CC(C)n1nnc(NC(=O)N2CCOCC(C3CCC3)C2)n1. The highest BCUT2D eigenvalue weighted by Crippen LogP contribution is 2.34. The number of amides is 2. The fraction of sp³-hybridized carbons (Fsp3) is 0.857. The van der Waals surface area contributed by atoms with Gasteiger partial charge in [0.05, 0.1) is 19.3 Å². The van der Waals surface area contributed by atoms with E-state index in [4.69, 9.17) is 4.74 Å². The van der Waals surface area contributed by atoms with Gasteiger partial charge in [0.15, 0.2) is 0 Å². The van der Waals surface area contributed by atoms with Crippen molar-refractivity contribution in [2.45, 2.75) is 39.2 Å². The van der Waals surface area contributed by atoms with Crippen LogP contribution in [0.2, 0.25) is 0 Å². The van der Waals surface area contributed by atoms with Crippen LogP contribution in [-0.4, -0.2) is 57.4 Å². The van der Waals surface area contributed by atoms with Gasteiger partial charge in [0, 0.05) is 19.0 Å². The third kappa shape index (κ3) is 3.37. The van der Waals surface area contributed by atoms with Gasteiger partial charge in [-0.1, -0.05) is 24.4 Å². The molecule has 1 unspecified atom stereocenters. The Hall–Kier alpha value is -1.70. The first-order valence-corrected chi connectivity index (χ1v) is 8.06. The Morgan fingerprint density at radius 2 is 2.18 bits per heavy atom. The Morgan fingerprint density at radius 3 is 2.82 bits per heavy atom. The lowest BCUT2D eigenvalue weighted by Gasteiger charge is -2.34. The van der Waals surface area contributed by atoms with Gasteiger partial charge in [0.1, 0.15) is 0 Å². The van der Waals surface area contributed by atoms with Crippen molar-refractivity contribution < 1.29 is 9.53 Å². The number of nitrogens with one attached hydrogen (secondary N) is 1. The number of hydrogen-bond donors (Lipinski definition) is 1. The van der Waals surface area contributed by atoms with Gasteiger partial charge in [0.25, 0.3) is 5.95 Å². The second-order valence-corrected chi connectivity index (χ2v) is 6.43. The zero-order valence-corrected chi connectivity index (χ0v) is 13.2. The molecule has 1 atom stereocenters. The largest absolute Gasteiger partial charge is 0.379 e. The second-order valence-electron chi connectivity index (χ2n) is 6.43. The molecular formula is C14H24N6O2. The van der Waals surface area contributed by atoms with E-state index in [1.165, 1.54) is 24.1 Å². The number of rotatable bonds is 3. The van der Waals surface area contributed by atoms with Crippen molar-refractivity contribution in [1.29, 1.82) is 0 Å². The third-order valence-corrected chi connectivity index (χ3v) is 4.50. The minimum Gasteiger partial charge on any atom is -0.379 e. The highest BCUT2D eigenvalue weighted by Gasteiger charge is 2.32. The summed E-state index contributed by atoms with van der Waals surface area (Å²) in [6.45, 7) is 6.62. The highest BCUT2D eigenvalue weighted by atomic mass is 16.5. The zero-order valence-electron chi connectivity index (χ0n) is 13.2. The number of urea groups is 1. The molecule has 1 aliphatic heterocycles. The number of anilines is 1. The lowest BCUT2D eigenvalue weighted by atomic mass is 9.76. The molecule has 1 saturated heterocycles. The number of aromatic nitrogens is 4. The molecule has 2 heterocycles. The van der Waals surface area contributed by atoms with Crippen LogP contribution in [0.4, 0.5) is 10.7 Å². The molecule has 2 aliphatic rings. The molecule has 1 saturated carbocycles. The average Bonchev–Trinajstić information content (AvgIpc) is 2.75. The number of carbonyl (C=O) groups excluding carboxylic acids is 1. The van der Waals surface area contributed by atoms with E-state index in [0.717, 1.165) is 13.2 Å². The van der Waals surface area contributed by atoms with Crippen LogP contribution in [0.15, 0.2) is 0 Å². The van der Waals surface area contributed by atoms with E-state index in [2.05, 4.69) is 20.7 Å². The van der Waals surface area contributed by atoms with Gasteiger partial charge in [-0.05, 0) is 25.0 Å². The van der Waals surface area contributed by atoms with E-state index >= 15 is 0 Å². The van der Waals surface area contributed by atoms with E-state index in [1.807, 2.05) is 18.7 Å². The van der Waals surface area contributed by atoms with Gasteiger partial charge < -0.3 is 9.64 Å². The predicted octanol–water partition coefficient (Wildman–Crippen LogP) is 1.53. The minimum absolute atomic E-state index is 0.118. The standard InChI is InChI=1S/C14H24N6O2/c1-10(2)20-17-13(16-18-20)15-14(21)19-6-7-22-9-12(8-19)11-4-3-5-11/h10-12H,3-9H2,1-2H3,(H,15,17,21). The summed E-state index contributed by atoms with van der Waals surface area (Å²) in [4.78, 5) is 15.7. The van der Waals surface area contributed by atoms with Crippen LogP contribution in [0, 0.1) is 11.8 Å². The van der Waals surface area contributed by atoms with Gasteiger partial charge in [-0.3, -0.25) is 5.32 Å². The Labute approximate surface area is 130 Å². The first kappa shape index (κ1) is 15.2. The van der Waals surface area contributed by atoms with Crippen molar-refractivity contribution in [2.24, 2.45) is 11.8 Å². The molecule has 22 heavy (non-hydrogen) atoms. The summed E-state index contributed by atoms with van der Waals surface area (Å²) in [5.74, 6) is 1.40. The molecule has 1 N–H and O–H groups in total. The van der Waals surface area contributed by atoms with Crippen LogP contribution in [0.3, 0.4) is 0 Å². The van der Waals surface area contributed by atoms with Crippen LogP contribution in [0.25, 0.3) is 0 Å². The fourth-order valence-corrected chi connectivity index (χ4v) is 2.89. The lowest BCUT2D eigenvalue weighted by molar-refractivity contribution is 0.0776. The van der Waals surface area contributed by atoms with Crippen molar-refractivity contribution in [3.05, 3.63) is 0 Å². The summed E-state index contributed by atoms with van der Waals surface area (Å²) in [7, 11) is 0. The fourth-order valence-electron chi connectivity index (χ4n) is 2.89. The Bertz CT molecular complexity index is 513. The zero-order chi connectivity index (χ0) is 15.5. The summed E-state index contributed by atoms with van der Waals surface area (Å²) >= 11 is 0. The summed E-state index contributed by atoms with van der Waals surface area (Å²) < 4.78 is 5.66. The van der Waals surface area contributed by atoms with Crippen molar-refractivity contribution in [3.8, 4) is 0 Å². The lowest BCUT2D eigenvalue weighted by Crippen LogP contribution is -2.41. The molecule has 8 nitrogen and oxygen atoms in total. The summed E-state index contributed by atoms with van der Waals surface area (Å²) in [6, 6.07) is -0.0501. The van der Waals surface area contributed by atoms with E-state index in [-0.39, 0.29) is 18.0 Å². The molecule has 1 aliphatic carbocycles. The van der Waals surface area contributed by atoms with Crippen molar-refractivity contribution >= 4 is 12.0 Å². The number of carbonyl (C=O) groups is 1. The van der Waals surface area contributed by atoms with E-state index < -0.39 is 0 Å². The van der Waals surface area contributed by atoms with Crippen molar-refractivity contribution in [1.82, 2.24) is 25.1 Å². The van der Waals surface area contributed by atoms with E-state index in [9.17, 15) is 4.79 Å². The highest BCUT2D eigenvalue weighted by molar-refractivity contribution is 5.87. The Kier molecular flexibility index (Phi) is 4.56. The second kappa shape index (κ2) is 6.60. The molecule has 0 bridgehead atoms. The molecule has 1 aromatic heterocycles. The molecule has 2 amide bonds. The first-order chi connectivity index (χ1) is 10.6. The first-order valence-electron chi connectivity index (χ1n) is 8.06. The molecule has 2 fully saturated rings. The van der Waals surface area contributed by atoms with Crippen LogP contribution >= 0.6 is 0 Å². The van der Waals surface area contributed by atoms with Gasteiger partial charge in [-0.2, -0.15) is 4.80 Å². The van der Waals surface area contributed by atoms with E-state index in [1.54, 1.807) is 0 Å². The van der Waals surface area contributed by atoms with Gasteiger partial charge in [-0.25, -0.2) is 4.79 Å². The Morgan fingerprint density at radius 1 is 1.36 bits per heavy atom. The molecule has 3 rings (SSSR count). The van der Waals surface area contributed by atoms with Gasteiger partial charge in [-0.15, -0.1) is 5.10 Å². The van der Waals surface area contributed by atoms with Crippen molar-refractivity contribution in [2.75, 3.05) is 31.6 Å². The van der Waals surface area contributed by atoms with Crippen LogP contribution < -0.4 is 5.32 Å². The number of nitrogens with zero attached hydrogens (tertiary/aromatic N) is 5. The third-order valence-electron chi connectivity index (χ3n) is 4.50. The molecule has 122 valence electrons. The van der Waals surface area contributed by atoms with Crippen molar-refractivity contribution in [3.63, 3.8) is 0 Å². The number of hydrogen-bond acceptors (Lipinski definition) is 5. The van der Waals surface area contributed by atoms with Crippen LogP contribution in [0.1, 0.15) is 39.2 Å². The molecule has 8 heteroatoms. The average molecular weight is 308 g/mol. The molecular weight excluding hydrogens is 284 g/mol. The predicted molar refractivity (Wildman–Crippen MR) is 80.4 cm³/mol. The molecule has 0 aromatic carbocycles. The quantitative estimate of drug-likeness (QED) is 0.915. The summed E-state index contributed by atoms with van der Waals surface area (Å²) in [5.41, 5.74) is 0. The van der Waals surface area contributed by atoms with Crippen LogP contribution in [0.5, 0.6) is 0 Å². The smallest absolute Gasteiger partial charge is 0.324 e. The van der Waals surface area contributed by atoms with E-state index in [0.29, 0.717) is 25.0 Å². The minimum atomic E-state index is -0.168. The molecule has 1 aromatic rings. The molecule has 0 radical (unpaired) electrons. The van der Waals surface area contributed by atoms with Gasteiger partial charge in [0.2, 0.25) is 0 Å². The monoisotopic (exact) mass is 308 g/mol. The maximum atomic E-state index is 12.4. The topological polar surface area (TPSA) is 85.2 Å². The van der Waals surface area contributed by atoms with Crippen LogP contribution in [-0.2, 0) is 4.74 Å². The normalized spacial score (nSPS) is 23.2. The number of tetrazole rings is 1. The molecule has 0 spiro atoms. The maximum Gasteiger partial charge on any atom is 0.324 e. The number of ether oxygens (including phenoxy) is 1. The maximum absolute atomic E-state index is 12.4. The summed E-state index contributed by atoms with van der Waals surface area (Å²) in [5, 5.41) is 14.7.